The zero-order chi connectivity index (χ0) is 15.4. The summed E-state index contributed by atoms with van der Waals surface area (Å²) in [5.41, 5.74) is 0.345. The van der Waals surface area contributed by atoms with Gasteiger partial charge < -0.3 is 9.64 Å². The first-order chi connectivity index (χ1) is 10.0. The van der Waals surface area contributed by atoms with Gasteiger partial charge in [0.15, 0.2) is 0 Å². The molecule has 4 nitrogen and oxygen atoms in total. The van der Waals surface area contributed by atoms with Crippen LogP contribution in [-0.4, -0.2) is 47.5 Å². The number of benzene rings is 1. The fraction of sp³-hybridized carbons (Fsp3) is 0.429. The fourth-order valence-electron chi connectivity index (χ4n) is 2.10. The summed E-state index contributed by atoms with van der Waals surface area (Å²) in [4.78, 5) is 26.1. The van der Waals surface area contributed by atoms with Gasteiger partial charge in [-0.05, 0) is 41.1 Å². The van der Waals surface area contributed by atoms with Crippen LogP contribution in [0.2, 0.25) is 0 Å². The van der Waals surface area contributed by atoms with Crippen LogP contribution in [-0.2, 0) is 9.53 Å². The molecule has 1 saturated heterocycles. The quantitative estimate of drug-likeness (QED) is 0.762. The van der Waals surface area contributed by atoms with Gasteiger partial charge in [-0.25, -0.2) is 9.18 Å². The van der Waals surface area contributed by atoms with E-state index in [0.717, 1.165) is 5.75 Å². The molecule has 21 heavy (non-hydrogen) atoms. The Hall–Kier alpha value is -1.08. The summed E-state index contributed by atoms with van der Waals surface area (Å²) in [6.07, 6.45) is 0. The number of hydrogen-bond acceptors (Lipinski definition) is 4. The molecule has 1 atom stereocenters. The number of rotatable bonds is 3. The highest BCUT2D eigenvalue weighted by molar-refractivity contribution is 9.10. The van der Waals surface area contributed by atoms with E-state index in [2.05, 4.69) is 15.9 Å². The third-order valence-electron chi connectivity index (χ3n) is 3.11. The lowest BCUT2D eigenvalue weighted by molar-refractivity contribution is -0.147. The predicted molar refractivity (Wildman–Crippen MR) is 82.9 cm³/mol. The van der Waals surface area contributed by atoms with Crippen molar-refractivity contribution in [2.75, 3.05) is 24.7 Å². The van der Waals surface area contributed by atoms with E-state index in [4.69, 9.17) is 4.74 Å². The van der Waals surface area contributed by atoms with E-state index in [-0.39, 0.29) is 12.5 Å². The van der Waals surface area contributed by atoms with Crippen molar-refractivity contribution in [2.24, 2.45) is 0 Å². The maximum absolute atomic E-state index is 13.1. The molecule has 1 aromatic rings. The van der Waals surface area contributed by atoms with Crippen molar-refractivity contribution in [1.82, 2.24) is 4.90 Å². The summed E-state index contributed by atoms with van der Waals surface area (Å²) < 4.78 is 18.5. The molecule has 0 spiro atoms. The van der Waals surface area contributed by atoms with Gasteiger partial charge in [-0.3, -0.25) is 4.79 Å². The molecule has 114 valence electrons. The number of carbonyl (C=O) groups excluding carboxylic acids is 2. The number of hydrogen-bond donors (Lipinski definition) is 0. The second kappa shape index (κ2) is 7.26. The first kappa shape index (κ1) is 16.3. The van der Waals surface area contributed by atoms with Gasteiger partial charge in [0, 0.05) is 22.5 Å². The van der Waals surface area contributed by atoms with Crippen LogP contribution < -0.4 is 0 Å². The molecular weight excluding hydrogens is 361 g/mol. The minimum absolute atomic E-state index is 0.280. The molecule has 0 radical (unpaired) electrons. The largest absolute Gasteiger partial charge is 0.464 e. The van der Waals surface area contributed by atoms with Crippen LogP contribution in [0, 0.1) is 5.82 Å². The maximum Gasteiger partial charge on any atom is 0.329 e. The average Bonchev–Trinajstić information content (AvgIpc) is 2.47. The van der Waals surface area contributed by atoms with E-state index in [0.29, 0.717) is 22.3 Å². The van der Waals surface area contributed by atoms with Crippen molar-refractivity contribution in [3.05, 3.63) is 34.1 Å². The highest BCUT2D eigenvalue weighted by Crippen LogP contribution is 2.24. The van der Waals surface area contributed by atoms with Crippen LogP contribution in [0.5, 0.6) is 0 Å². The van der Waals surface area contributed by atoms with Crippen LogP contribution in [0.1, 0.15) is 17.3 Å². The Morgan fingerprint density at radius 3 is 2.95 bits per heavy atom. The summed E-state index contributed by atoms with van der Waals surface area (Å²) in [7, 11) is 0. The number of carbonyl (C=O) groups is 2. The number of esters is 1. The molecule has 0 aromatic heterocycles. The molecule has 1 aromatic carbocycles. The minimum atomic E-state index is -0.590. The molecule has 0 bridgehead atoms. The Morgan fingerprint density at radius 2 is 2.29 bits per heavy atom. The molecule has 1 aliphatic rings. The second-order valence-electron chi connectivity index (χ2n) is 4.47. The van der Waals surface area contributed by atoms with Crippen LogP contribution in [0.25, 0.3) is 0 Å². The van der Waals surface area contributed by atoms with Gasteiger partial charge in [0.2, 0.25) is 0 Å². The van der Waals surface area contributed by atoms with Crippen molar-refractivity contribution in [1.29, 1.82) is 0 Å². The van der Waals surface area contributed by atoms with E-state index < -0.39 is 17.8 Å². The summed E-state index contributed by atoms with van der Waals surface area (Å²) >= 11 is 4.81. The summed E-state index contributed by atoms with van der Waals surface area (Å²) in [6, 6.07) is 3.31. The van der Waals surface area contributed by atoms with E-state index in [9.17, 15) is 14.0 Å². The first-order valence-electron chi connectivity index (χ1n) is 6.55. The Kier molecular flexibility index (Phi) is 5.64. The Labute approximate surface area is 135 Å². The zero-order valence-electron chi connectivity index (χ0n) is 11.5. The second-order valence-corrected chi connectivity index (χ2v) is 6.47. The zero-order valence-corrected chi connectivity index (χ0v) is 13.9. The van der Waals surface area contributed by atoms with E-state index >= 15 is 0 Å². The highest BCUT2D eigenvalue weighted by atomic mass is 79.9. The predicted octanol–water partition coefficient (Wildman–Crippen LogP) is 2.71. The molecule has 0 saturated carbocycles. The van der Waals surface area contributed by atoms with Gasteiger partial charge in [0.25, 0.3) is 5.91 Å². The normalized spacial score (nSPS) is 18.4. The first-order valence-corrected chi connectivity index (χ1v) is 8.49. The molecule has 2 rings (SSSR count). The third-order valence-corrected chi connectivity index (χ3v) is 4.79. The van der Waals surface area contributed by atoms with Crippen LogP contribution in [0.15, 0.2) is 22.7 Å². The minimum Gasteiger partial charge on any atom is -0.464 e. The van der Waals surface area contributed by atoms with Gasteiger partial charge in [0.1, 0.15) is 11.9 Å². The van der Waals surface area contributed by atoms with Crippen molar-refractivity contribution >= 4 is 39.6 Å². The van der Waals surface area contributed by atoms with E-state index in [1.165, 1.54) is 23.1 Å². The van der Waals surface area contributed by atoms with Crippen molar-refractivity contribution in [3.63, 3.8) is 0 Å². The monoisotopic (exact) mass is 375 g/mol. The molecule has 1 unspecified atom stereocenters. The Balaban J connectivity index is 2.24. The highest BCUT2D eigenvalue weighted by Gasteiger charge is 2.34. The lowest BCUT2D eigenvalue weighted by Gasteiger charge is -2.33. The fourth-order valence-corrected chi connectivity index (χ4v) is 3.65. The van der Waals surface area contributed by atoms with Gasteiger partial charge in [-0.1, -0.05) is 0 Å². The molecular formula is C14H15BrFNO3S. The SMILES string of the molecule is CCOC(=O)C1CSCCN1C(=O)c1ccc(F)cc1Br. The maximum atomic E-state index is 13.1. The van der Waals surface area contributed by atoms with E-state index in [1.807, 2.05) is 0 Å². The van der Waals surface area contributed by atoms with Crippen LogP contribution in [0.3, 0.4) is 0 Å². The average molecular weight is 376 g/mol. The number of amides is 1. The third kappa shape index (κ3) is 3.77. The van der Waals surface area contributed by atoms with Crippen molar-refractivity contribution in [2.45, 2.75) is 13.0 Å². The van der Waals surface area contributed by atoms with Gasteiger partial charge in [-0.2, -0.15) is 11.8 Å². The van der Waals surface area contributed by atoms with Gasteiger partial charge in [-0.15, -0.1) is 0 Å². The van der Waals surface area contributed by atoms with E-state index in [1.54, 1.807) is 18.7 Å². The Bertz CT molecular complexity index is 555. The smallest absolute Gasteiger partial charge is 0.329 e. The standard InChI is InChI=1S/C14H15BrFNO3S/c1-2-20-14(19)12-8-21-6-5-17(12)13(18)10-4-3-9(16)7-11(10)15/h3-4,7,12H,2,5-6,8H2,1H3. The van der Waals surface area contributed by atoms with Crippen LogP contribution >= 0.6 is 27.7 Å². The summed E-state index contributed by atoms with van der Waals surface area (Å²) in [6.45, 7) is 2.48. The lowest BCUT2D eigenvalue weighted by Crippen LogP contribution is -2.51. The molecule has 1 amide bonds. The molecule has 1 aliphatic heterocycles. The van der Waals surface area contributed by atoms with Crippen molar-refractivity contribution < 1.29 is 18.7 Å². The molecule has 7 heteroatoms. The number of ether oxygens (including phenoxy) is 1. The summed E-state index contributed by atoms with van der Waals surface area (Å²) in [5, 5.41) is 0. The van der Waals surface area contributed by atoms with Crippen LogP contribution in [0.4, 0.5) is 4.39 Å². The molecule has 0 aliphatic carbocycles. The number of halogens is 2. The number of thioether (sulfide) groups is 1. The molecule has 0 N–H and O–H groups in total. The molecule has 1 fully saturated rings. The van der Waals surface area contributed by atoms with Gasteiger partial charge in [0.05, 0.1) is 12.2 Å². The van der Waals surface area contributed by atoms with Crippen molar-refractivity contribution in [3.8, 4) is 0 Å². The lowest BCUT2D eigenvalue weighted by atomic mass is 10.1. The summed E-state index contributed by atoms with van der Waals surface area (Å²) in [5.74, 6) is 0.176. The Morgan fingerprint density at radius 1 is 1.52 bits per heavy atom. The van der Waals surface area contributed by atoms with Gasteiger partial charge >= 0.3 is 5.97 Å². The topological polar surface area (TPSA) is 46.6 Å². The molecule has 1 heterocycles. The number of nitrogens with zero attached hydrogens (tertiary/aromatic N) is 1.